The molecular weight excluding hydrogens is 168 g/mol. The Morgan fingerprint density at radius 1 is 1.50 bits per heavy atom. The standard InChI is InChI=1S/C7H7ClOS/c1-4-2-5(8)6(9)3-7(4)10/h2-3,9-10H,1H3. The van der Waals surface area contributed by atoms with Crippen LogP contribution in [0, 0.1) is 6.92 Å². The van der Waals surface area contributed by atoms with Gasteiger partial charge in [-0.3, -0.25) is 0 Å². The Bertz CT molecular complexity index is 210. The Morgan fingerprint density at radius 2 is 2.10 bits per heavy atom. The van der Waals surface area contributed by atoms with Crippen LogP contribution in [0.1, 0.15) is 5.56 Å². The number of hydrogen-bond donors (Lipinski definition) is 2. The lowest BCUT2D eigenvalue weighted by atomic mass is 10.2. The van der Waals surface area contributed by atoms with Crippen LogP contribution in [0.5, 0.6) is 5.75 Å². The van der Waals surface area contributed by atoms with Crippen LogP contribution in [-0.4, -0.2) is 5.11 Å². The van der Waals surface area contributed by atoms with Crippen LogP contribution in [0.25, 0.3) is 0 Å². The SMILES string of the molecule is Cc1cc(Cl)c(O)cc1S. The number of aromatic hydroxyl groups is 1. The van der Waals surface area contributed by atoms with Crippen molar-refractivity contribution in [3.63, 3.8) is 0 Å². The fraction of sp³-hybridized carbons (Fsp3) is 0.143. The molecule has 0 bridgehead atoms. The van der Waals surface area contributed by atoms with Gasteiger partial charge in [0.05, 0.1) is 5.02 Å². The molecule has 1 aromatic carbocycles. The smallest absolute Gasteiger partial charge is 0.135 e. The van der Waals surface area contributed by atoms with E-state index in [4.69, 9.17) is 16.7 Å². The van der Waals surface area contributed by atoms with E-state index in [1.807, 2.05) is 6.92 Å². The third-order valence-corrected chi connectivity index (χ3v) is 2.05. The Balaban J connectivity index is 3.28. The van der Waals surface area contributed by atoms with Crippen molar-refractivity contribution in [1.29, 1.82) is 0 Å². The van der Waals surface area contributed by atoms with E-state index in [9.17, 15) is 0 Å². The summed E-state index contributed by atoms with van der Waals surface area (Å²) in [7, 11) is 0. The molecule has 1 nitrogen and oxygen atoms in total. The van der Waals surface area contributed by atoms with Gasteiger partial charge < -0.3 is 5.11 Å². The molecule has 0 aliphatic rings. The fourth-order valence-electron chi connectivity index (χ4n) is 0.650. The largest absolute Gasteiger partial charge is 0.506 e. The van der Waals surface area contributed by atoms with E-state index < -0.39 is 0 Å². The molecule has 1 aromatic rings. The second kappa shape index (κ2) is 2.72. The van der Waals surface area contributed by atoms with E-state index in [0.29, 0.717) is 5.02 Å². The lowest BCUT2D eigenvalue weighted by molar-refractivity contribution is 0.474. The maximum atomic E-state index is 9.04. The Morgan fingerprint density at radius 3 is 2.60 bits per heavy atom. The summed E-state index contributed by atoms with van der Waals surface area (Å²) in [5.41, 5.74) is 0.964. The molecule has 0 spiro atoms. The van der Waals surface area contributed by atoms with Crippen molar-refractivity contribution in [2.45, 2.75) is 11.8 Å². The van der Waals surface area contributed by atoms with Crippen molar-refractivity contribution in [2.24, 2.45) is 0 Å². The molecule has 0 saturated carbocycles. The van der Waals surface area contributed by atoms with Gasteiger partial charge in [-0.25, -0.2) is 0 Å². The first-order valence-corrected chi connectivity index (χ1v) is 3.62. The number of rotatable bonds is 0. The summed E-state index contributed by atoms with van der Waals surface area (Å²) < 4.78 is 0. The second-order valence-electron chi connectivity index (χ2n) is 2.09. The van der Waals surface area contributed by atoms with E-state index in [2.05, 4.69) is 12.6 Å². The van der Waals surface area contributed by atoms with Gasteiger partial charge in [-0.05, 0) is 24.6 Å². The van der Waals surface area contributed by atoms with Crippen molar-refractivity contribution in [2.75, 3.05) is 0 Å². The lowest BCUT2D eigenvalue weighted by Crippen LogP contribution is -1.76. The zero-order valence-electron chi connectivity index (χ0n) is 5.43. The number of benzene rings is 1. The van der Waals surface area contributed by atoms with Gasteiger partial charge in [-0.15, -0.1) is 12.6 Å². The van der Waals surface area contributed by atoms with Gasteiger partial charge in [0.2, 0.25) is 0 Å². The number of halogens is 1. The molecule has 0 aliphatic carbocycles. The van der Waals surface area contributed by atoms with Gasteiger partial charge in [-0.2, -0.15) is 0 Å². The summed E-state index contributed by atoms with van der Waals surface area (Å²) in [5.74, 6) is 0.0808. The van der Waals surface area contributed by atoms with Gasteiger partial charge in [0.1, 0.15) is 5.75 Å². The van der Waals surface area contributed by atoms with E-state index in [0.717, 1.165) is 10.5 Å². The maximum Gasteiger partial charge on any atom is 0.135 e. The average Bonchev–Trinajstić information content (AvgIpc) is 1.84. The summed E-state index contributed by atoms with van der Waals surface area (Å²) in [5, 5.41) is 9.41. The molecule has 0 fully saturated rings. The molecule has 1 rings (SSSR count). The molecular formula is C7H7ClOS. The van der Waals surface area contributed by atoms with Gasteiger partial charge in [0.25, 0.3) is 0 Å². The summed E-state index contributed by atoms with van der Waals surface area (Å²) in [6.07, 6.45) is 0. The monoisotopic (exact) mass is 174 g/mol. The fourth-order valence-corrected chi connectivity index (χ4v) is 1.06. The lowest BCUT2D eigenvalue weighted by Gasteiger charge is -2.00. The molecule has 0 unspecified atom stereocenters. The predicted molar refractivity (Wildman–Crippen MR) is 45.1 cm³/mol. The van der Waals surface area contributed by atoms with Gasteiger partial charge in [-0.1, -0.05) is 11.6 Å². The molecule has 54 valence electrons. The molecule has 0 amide bonds. The molecule has 0 heterocycles. The first-order valence-electron chi connectivity index (χ1n) is 2.79. The average molecular weight is 175 g/mol. The highest BCUT2D eigenvalue weighted by molar-refractivity contribution is 7.80. The van der Waals surface area contributed by atoms with Crippen LogP contribution < -0.4 is 0 Å². The van der Waals surface area contributed by atoms with Gasteiger partial charge >= 0.3 is 0 Å². The van der Waals surface area contributed by atoms with Crippen LogP contribution in [0.4, 0.5) is 0 Å². The first-order chi connectivity index (χ1) is 4.61. The van der Waals surface area contributed by atoms with Crippen molar-refractivity contribution in [1.82, 2.24) is 0 Å². The molecule has 1 N–H and O–H groups in total. The molecule has 0 saturated heterocycles. The predicted octanol–water partition coefficient (Wildman–Crippen LogP) is 2.64. The van der Waals surface area contributed by atoms with Crippen molar-refractivity contribution < 1.29 is 5.11 Å². The van der Waals surface area contributed by atoms with Crippen molar-refractivity contribution in [3.05, 3.63) is 22.7 Å². The van der Waals surface area contributed by atoms with E-state index >= 15 is 0 Å². The Kier molecular flexibility index (Phi) is 2.11. The third kappa shape index (κ3) is 1.39. The van der Waals surface area contributed by atoms with E-state index in [-0.39, 0.29) is 5.75 Å². The second-order valence-corrected chi connectivity index (χ2v) is 2.98. The number of thiol groups is 1. The Labute approximate surface area is 70.0 Å². The van der Waals surface area contributed by atoms with Crippen LogP contribution >= 0.6 is 24.2 Å². The number of aryl methyl sites for hydroxylation is 1. The highest BCUT2D eigenvalue weighted by Gasteiger charge is 2.00. The molecule has 3 heteroatoms. The highest BCUT2D eigenvalue weighted by Crippen LogP contribution is 2.28. The van der Waals surface area contributed by atoms with Crippen LogP contribution in [0.2, 0.25) is 5.02 Å². The molecule has 0 atom stereocenters. The van der Waals surface area contributed by atoms with Gasteiger partial charge in [0, 0.05) is 4.90 Å². The number of phenols is 1. The summed E-state index contributed by atoms with van der Waals surface area (Å²) in [4.78, 5) is 0.752. The van der Waals surface area contributed by atoms with Crippen LogP contribution in [-0.2, 0) is 0 Å². The number of phenolic OH excluding ortho intramolecular Hbond substituents is 1. The minimum atomic E-state index is 0.0808. The topological polar surface area (TPSA) is 20.2 Å². The molecule has 0 aliphatic heterocycles. The zero-order chi connectivity index (χ0) is 7.72. The van der Waals surface area contributed by atoms with Crippen LogP contribution in [0.3, 0.4) is 0 Å². The summed E-state index contributed by atoms with van der Waals surface area (Å²) in [6, 6.07) is 3.21. The molecule has 10 heavy (non-hydrogen) atoms. The van der Waals surface area contributed by atoms with Crippen molar-refractivity contribution in [3.8, 4) is 5.75 Å². The first kappa shape index (κ1) is 7.76. The highest BCUT2D eigenvalue weighted by atomic mass is 35.5. The minimum Gasteiger partial charge on any atom is -0.506 e. The van der Waals surface area contributed by atoms with E-state index in [1.54, 1.807) is 6.07 Å². The summed E-state index contributed by atoms with van der Waals surface area (Å²) >= 11 is 9.70. The van der Waals surface area contributed by atoms with Crippen molar-refractivity contribution >= 4 is 24.2 Å². The Hall–Kier alpha value is -0.340. The summed E-state index contributed by atoms with van der Waals surface area (Å²) in [6.45, 7) is 1.88. The molecule has 0 radical (unpaired) electrons. The number of hydrogen-bond acceptors (Lipinski definition) is 2. The zero-order valence-corrected chi connectivity index (χ0v) is 7.08. The van der Waals surface area contributed by atoms with Gasteiger partial charge in [0.15, 0.2) is 0 Å². The minimum absolute atomic E-state index is 0.0808. The maximum absolute atomic E-state index is 9.04. The molecule has 0 aromatic heterocycles. The quantitative estimate of drug-likeness (QED) is 0.580. The van der Waals surface area contributed by atoms with Crippen LogP contribution in [0.15, 0.2) is 17.0 Å². The normalized spacial score (nSPS) is 9.90. The third-order valence-electron chi connectivity index (χ3n) is 1.27. The van der Waals surface area contributed by atoms with E-state index in [1.165, 1.54) is 6.07 Å².